The van der Waals surface area contributed by atoms with Crippen molar-refractivity contribution in [3.8, 4) is 0 Å². The summed E-state index contributed by atoms with van der Waals surface area (Å²) < 4.78 is 4.18. The molecular formula is C4H7NO4. The molecule has 0 heterocycles. The first-order chi connectivity index (χ1) is 4.18. The molecule has 0 aromatic rings. The first kappa shape index (κ1) is 10.6. The highest BCUT2D eigenvalue weighted by molar-refractivity contribution is 5.64. The molecule has 52 valence electrons. The van der Waals surface area contributed by atoms with Crippen LogP contribution < -0.4 is 5.73 Å². The molecule has 0 fully saturated rings. The van der Waals surface area contributed by atoms with E-state index in [1.165, 1.54) is 0 Å². The topological polar surface area (TPSA) is 86.5 Å². The monoisotopic (exact) mass is 133 g/mol. The third-order valence-electron chi connectivity index (χ3n) is 0.287. The van der Waals surface area contributed by atoms with Crippen LogP contribution in [0.15, 0.2) is 0 Å². The van der Waals surface area contributed by atoms with Crippen molar-refractivity contribution < 1.29 is 19.1 Å². The molecule has 2 N–H and O–H groups in total. The van der Waals surface area contributed by atoms with Crippen molar-refractivity contribution in [2.45, 2.75) is 6.92 Å². The number of rotatable bonds is 1. The lowest BCUT2D eigenvalue weighted by molar-refractivity contribution is -0.191. The Balaban J connectivity index is 0. The number of primary amides is 1. The number of nitrogens with two attached hydrogens (primary N) is 1. The molecule has 0 radical (unpaired) electrons. The summed E-state index contributed by atoms with van der Waals surface area (Å²) in [7, 11) is 0. The summed E-state index contributed by atoms with van der Waals surface area (Å²) >= 11 is 0. The van der Waals surface area contributed by atoms with Gasteiger partial charge in [-0.1, -0.05) is 0 Å². The van der Waals surface area contributed by atoms with Crippen LogP contribution >= 0.6 is 0 Å². The van der Waals surface area contributed by atoms with Crippen LogP contribution in [0, 0.1) is 0 Å². The van der Waals surface area contributed by atoms with Gasteiger partial charge in [0.2, 0.25) is 0 Å². The second-order valence-electron chi connectivity index (χ2n) is 0.835. The van der Waals surface area contributed by atoms with Gasteiger partial charge in [-0.05, 0) is 6.92 Å². The Kier molecular flexibility index (Phi) is 11.6. The molecule has 0 aromatic heterocycles. The van der Waals surface area contributed by atoms with Crippen molar-refractivity contribution in [2.24, 2.45) is 5.73 Å². The molecule has 0 aliphatic heterocycles. The number of carbonyl (C=O) groups is 1. The Bertz CT molecular complexity index is 105. The lowest BCUT2D eigenvalue weighted by Crippen LogP contribution is -2.11. The third kappa shape index (κ3) is 52.8. The zero-order valence-corrected chi connectivity index (χ0v) is 4.92. The van der Waals surface area contributed by atoms with Crippen LogP contribution in [0.3, 0.4) is 0 Å². The highest BCUT2D eigenvalue weighted by Crippen LogP contribution is 1.66. The zero-order valence-electron chi connectivity index (χ0n) is 4.92. The van der Waals surface area contributed by atoms with E-state index in [2.05, 4.69) is 10.5 Å². The van der Waals surface area contributed by atoms with Crippen molar-refractivity contribution in [1.82, 2.24) is 0 Å². The normalized spacial score (nSPS) is 5.89. The molecule has 5 nitrogen and oxygen atoms in total. The van der Waals surface area contributed by atoms with Gasteiger partial charge in [-0.2, -0.15) is 9.59 Å². The molecule has 0 aromatic carbocycles. The first-order valence-electron chi connectivity index (χ1n) is 2.10. The molecule has 1 amide bonds. The Labute approximate surface area is 51.8 Å². The summed E-state index contributed by atoms with van der Waals surface area (Å²) in [5.41, 5.74) is 4.54. The second kappa shape index (κ2) is 9.82. The van der Waals surface area contributed by atoms with Crippen molar-refractivity contribution >= 4 is 12.2 Å². The van der Waals surface area contributed by atoms with Gasteiger partial charge in [0, 0.05) is 0 Å². The molecule has 0 rings (SSSR count). The second-order valence-corrected chi connectivity index (χ2v) is 0.835. The lowest BCUT2D eigenvalue weighted by Gasteiger charge is -1.89. The van der Waals surface area contributed by atoms with Gasteiger partial charge in [0.05, 0.1) is 6.61 Å². The number of hydrogen-bond donors (Lipinski definition) is 1. The van der Waals surface area contributed by atoms with Gasteiger partial charge in [0.1, 0.15) is 0 Å². The maximum atomic E-state index is 9.60. The van der Waals surface area contributed by atoms with E-state index in [-0.39, 0.29) is 6.15 Å². The van der Waals surface area contributed by atoms with Crippen LogP contribution in [0.25, 0.3) is 0 Å². The maximum absolute atomic E-state index is 9.60. The zero-order chi connectivity index (χ0) is 7.70. The van der Waals surface area contributed by atoms with E-state index in [0.29, 0.717) is 6.61 Å². The summed E-state index contributed by atoms with van der Waals surface area (Å²) in [6, 6.07) is 0. The molecule has 0 aliphatic carbocycles. The van der Waals surface area contributed by atoms with E-state index < -0.39 is 6.09 Å². The molecule has 0 saturated carbocycles. The molecule has 0 unspecified atom stereocenters. The van der Waals surface area contributed by atoms with Crippen LogP contribution in [0.2, 0.25) is 0 Å². The quantitative estimate of drug-likeness (QED) is 0.523. The molecule has 5 heteroatoms. The van der Waals surface area contributed by atoms with Crippen LogP contribution in [-0.4, -0.2) is 18.9 Å². The van der Waals surface area contributed by atoms with E-state index in [1.54, 1.807) is 6.92 Å². The van der Waals surface area contributed by atoms with Gasteiger partial charge < -0.3 is 10.5 Å². The van der Waals surface area contributed by atoms with Crippen LogP contribution in [0.4, 0.5) is 4.79 Å². The fourth-order valence-electron chi connectivity index (χ4n) is 0.142. The molecule has 0 bridgehead atoms. The van der Waals surface area contributed by atoms with Crippen LogP contribution in [-0.2, 0) is 14.3 Å². The lowest BCUT2D eigenvalue weighted by atomic mass is 10.9. The average Bonchev–Trinajstić information content (AvgIpc) is 1.67. The van der Waals surface area contributed by atoms with Crippen molar-refractivity contribution in [1.29, 1.82) is 0 Å². The van der Waals surface area contributed by atoms with Crippen molar-refractivity contribution in [2.75, 3.05) is 6.61 Å². The number of carbonyl (C=O) groups excluding carboxylic acids is 3. The average molecular weight is 133 g/mol. The van der Waals surface area contributed by atoms with Gasteiger partial charge in [0.25, 0.3) is 0 Å². The Hall–Kier alpha value is -1.35. The fraction of sp³-hybridized carbons (Fsp3) is 0.500. The highest BCUT2D eigenvalue weighted by Gasteiger charge is 1.82. The van der Waals surface area contributed by atoms with E-state index in [9.17, 15) is 4.79 Å². The Morgan fingerprint density at radius 3 is 2.00 bits per heavy atom. The molecule has 0 aliphatic rings. The summed E-state index contributed by atoms with van der Waals surface area (Å²) in [5, 5.41) is 0. The predicted molar refractivity (Wildman–Crippen MR) is 26.2 cm³/mol. The minimum absolute atomic E-state index is 0.250. The van der Waals surface area contributed by atoms with Crippen LogP contribution in [0.1, 0.15) is 6.92 Å². The van der Waals surface area contributed by atoms with Gasteiger partial charge in [0.15, 0.2) is 0 Å². The van der Waals surface area contributed by atoms with Gasteiger partial charge >= 0.3 is 12.2 Å². The highest BCUT2D eigenvalue weighted by atomic mass is 16.5. The fourth-order valence-corrected chi connectivity index (χ4v) is 0.142. The Morgan fingerprint density at radius 1 is 1.67 bits per heavy atom. The summed E-state index contributed by atoms with van der Waals surface area (Å²) in [4.78, 5) is 25.8. The van der Waals surface area contributed by atoms with E-state index in [1.807, 2.05) is 0 Å². The van der Waals surface area contributed by atoms with E-state index in [0.717, 1.165) is 0 Å². The van der Waals surface area contributed by atoms with E-state index in [4.69, 9.17) is 9.59 Å². The number of amides is 1. The standard InChI is InChI=1S/C3H7NO2.CO2/c1-2-6-3(4)5;2-1-3/h2H2,1H3,(H2,4,5);. The van der Waals surface area contributed by atoms with Crippen molar-refractivity contribution in [3.63, 3.8) is 0 Å². The summed E-state index contributed by atoms with van der Waals surface area (Å²) in [5.74, 6) is 0. The maximum Gasteiger partial charge on any atom is 0.404 e. The number of hydrogen-bond acceptors (Lipinski definition) is 4. The van der Waals surface area contributed by atoms with Gasteiger partial charge in [-0.15, -0.1) is 0 Å². The molecule has 0 spiro atoms. The predicted octanol–water partition coefficient (Wildman–Crippen LogP) is -0.482. The molecular weight excluding hydrogens is 126 g/mol. The molecule has 9 heavy (non-hydrogen) atoms. The number of ether oxygens (including phenoxy) is 1. The molecule has 0 atom stereocenters. The van der Waals surface area contributed by atoms with Gasteiger partial charge in [-0.25, -0.2) is 4.79 Å². The van der Waals surface area contributed by atoms with Crippen molar-refractivity contribution in [3.05, 3.63) is 0 Å². The largest absolute Gasteiger partial charge is 0.450 e. The van der Waals surface area contributed by atoms with Gasteiger partial charge in [-0.3, -0.25) is 0 Å². The summed E-state index contributed by atoms with van der Waals surface area (Å²) in [6.45, 7) is 2.06. The minimum Gasteiger partial charge on any atom is -0.450 e. The molecule has 0 saturated heterocycles. The Morgan fingerprint density at radius 2 is 2.00 bits per heavy atom. The summed E-state index contributed by atoms with van der Waals surface area (Å²) in [6.07, 6.45) is -0.461. The smallest absolute Gasteiger partial charge is 0.404 e. The minimum atomic E-state index is -0.711. The third-order valence-corrected chi connectivity index (χ3v) is 0.287. The van der Waals surface area contributed by atoms with Crippen LogP contribution in [0.5, 0.6) is 0 Å². The SMILES string of the molecule is CCOC(N)=O.O=C=O. The first-order valence-corrected chi connectivity index (χ1v) is 2.10. The van der Waals surface area contributed by atoms with E-state index >= 15 is 0 Å².